The van der Waals surface area contributed by atoms with Crippen LogP contribution in [0, 0.1) is 41.5 Å². The van der Waals surface area contributed by atoms with Crippen LogP contribution in [0.2, 0.25) is 0 Å². The number of carbonyl (C=O) groups excluding carboxylic acids is 3. The quantitative estimate of drug-likeness (QED) is 0.108. The van der Waals surface area contributed by atoms with Crippen molar-refractivity contribution in [1.29, 1.82) is 0 Å². The van der Waals surface area contributed by atoms with E-state index >= 15 is 0 Å². The van der Waals surface area contributed by atoms with Gasteiger partial charge in [-0.25, -0.2) is 0 Å². The molecule has 69 heavy (non-hydrogen) atoms. The zero-order valence-electron chi connectivity index (χ0n) is 41.1. The first-order chi connectivity index (χ1) is 33.1. The lowest BCUT2D eigenvalue weighted by Gasteiger charge is -2.34. The number of amides is 3. The van der Waals surface area contributed by atoms with Crippen LogP contribution in [-0.4, -0.2) is 111 Å². The highest BCUT2D eigenvalue weighted by atomic mass is 32.2. The Bertz CT molecular complexity index is 2710. The number of aryl methyl sites for hydroxylation is 6. The number of nitrogens with zero attached hydrogens (tertiary/aromatic N) is 5. The van der Waals surface area contributed by atoms with Crippen LogP contribution in [0.5, 0.6) is 0 Å². The smallest absolute Gasteiger partial charge is 0.248 e. The van der Waals surface area contributed by atoms with Gasteiger partial charge < -0.3 is 29.8 Å². The van der Waals surface area contributed by atoms with Gasteiger partial charge in [0.25, 0.3) is 0 Å². The van der Waals surface area contributed by atoms with Crippen molar-refractivity contribution < 1.29 is 24.6 Å². The van der Waals surface area contributed by atoms with Crippen molar-refractivity contribution in [2.24, 2.45) is 0 Å². The van der Waals surface area contributed by atoms with Crippen LogP contribution >= 0.6 is 35.3 Å². The van der Waals surface area contributed by atoms with Gasteiger partial charge >= 0.3 is 0 Å². The molecular weight excluding hydrogens is 919 g/mol. The van der Waals surface area contributed by atoms with E-state index in [-0.39, 0.29) is 44.0 Å². The molecule has 0 aliphatic carbocycles. The number of hydrogen-bond acceptors (Lipinski definition) is 11. The Morgan fingerprint density at radius 2 is 0.855 bits per heavy atom. The van der Waals surface area contributed by atoms with Gasteiger partial charge in [0.15, 0.2) is 0 Å². The summed E-state index contributed by atoms with van der Waals surface area (Å²) >= 11 is 5.17. The maximum Gasteiger partial charge on any atom is 0.248 e. The van der Waals surface area contributed by atoms with Crippen molar-refractivity contribution in [2.75, 3.05) is 87.8 Å². The first kappa shape index (κ1) is 52.7. The Kier molecular flexibility index (Phi) is 19.3. The molecule has 6 aromatic rings. The van der Waals surface area contributed by atoms with Crippen LogP contribution in [0.25, 0.3) is 0 Å². The summed E-state index contributed by atoms with van der Waals surface area (Å²) in [5, 5.41) is 18.5. The van der Waals surface area contributed by atoms with Crippen molar-refractivity contribution in [3.8, 4) is 0 Å². The fraction of sp³-hybridized carbons (Fsp3) is 0.304. The van der Waals surface area contributed by atoms with Crippen LogP contribution in [0.1, 0.15) is 33.4 Å². The molecule has 0 radical (unpaired) electrons. The zero-order chi connectivity index (χ0) is 49.6. The molecular formula is C56H65N5O5S3. The molecule has 0 aromatic heterocycles. The third-order valence-electron chi connectivity index (χ3n) is 11.9. The largest absolute Gasteiger partial charge is 0.395 e. The predicted molar refractivity (Wildman–Crippen MR) is 286 cm³/mol. The normalized spacial score (nSPS) is 13.7. The van der Waals surface area contributed by atoms with Crippen LogP contribution in [0.4, 0.5) is 17.1 Å². The zero-order valence-corrected chi connectivity index (χ0v) is 43.5. The Morgan fingerprint density at radius 3 is 1.29 bits per heavy atom. The van der Waals surface area contributed by atoms with Gasteiger partial charge in [0.05, 0.1) is 49.9 Å². The maximum absolute atomic E-state index is 12.0. The monoisotopic (exact) mass is 983 g/mol. The molecule has 2 aliphatic heterocycles. The molecule has 6 aromatic carbocycles. The molecule has 0 bridgehead atoms. The molecule has 0 spiro atoms. The summed E-state index contributed by atoms with van der Waals surface area (Å²) in [6.07, 6.45) is 0. The number of rotatable bonds is 13. The topological polar surface area (TPSA) is 108 Å². The molecule has 0 saturated carbocycles. The van der Waals surface area contributed by atoms with E-state index in [0.717, 1.165) is 39.9 Å². The highest BCUT2D eigenvalue weighted by molar-refractivity contribution is 8.00. The van der Waals surface area contributed by atoms with Gasteiger partial charge in [0.1, 0.15) is 0 Å². The maximum atomic E-state index is 12.0. The van der Waals surface area contributed by atoms with Gasteiger partial charge in [-0.3, -0.25) is 19.3 Å². The number of aliphatic hydroxyl groups is 2. The fourth-order valence-electron chi connectivity index (χ4n) is 7.97. The summed E-state index contributed by atoms with van der Waals surface area (Å²) < 4.78 is 0. The predicted octanol–water partition coefficient (Wildman–Crippen LogP) is 10.2. The number of carbonyl (C=O) groups is 3. The average Bonchev–Trinajstić information content (AvgIpc) is 3.32. The number of para-hydroxylation sites is 3. The van der Waals surface area contributed by atoms with Crippen LogP contribution in [0.3, 0.4) is 0 Å². The molecule has 2 saturated heterocycles. The third kappa shape index (κ3) is 14.4. The molecule has 362 valence electrons. The number of benzene rings is 6. The second-order valence-corrected chi connectivity index (χ2v) is 20.6. The van der Waals surface area contributed by atoms with E-state index in [1.165, 1.54) is 57.9 Å². The van der Waals surface area contributed by atoms with Gasteiger partial charge in [-0.15, -0.1) is 0 Å². The van der Waals surface area contributed by atoms with Crippen molar-refractivity contribution in [3.05, 3.63) is 161 Å². The van der Waals surface area contributed by atoms with Crippen LogP contribution in [0.15, 0.2) is 157 Å². The molecule has 3 amide bonds. The van der Waals surface area contributed by atoms with E-state index < -0.39 is 0 Å². The highest BCUT2D eigenvalue weighted by Gasteiger charge is 2.29. The molecule has 2 N–H and O–H groups in total. The Hall–Kier alpha value is -5.70. The SMILES string of the molecule is Cc1ccc(Sc2ccccc2N(CCO)CCO)c(C)c1.Cc1ccc(Sc2ccccc2N2CC(=O)N(C)C(=O)C2)c(C)c1.Cc1ccc(Sc2ccccc2N2CCN(C)C(=O)C2)c(C)c1. The van der Waals surface area contributed by atoms with E-state index in [4.69, 9.17) is 0 Å². The van der Waals surface area contributed by atoms with Gasteiger partial charge in [0, 0.05) is 69.6 Å². The Balaban J connectivity index is 0.000000170. The summed E-state index contributed by atoms with van der Waals surface area (Å²) in [5.74, 6) is -0.155. The van der Waals surface area contributed by atoms with Crippen molar-refractivity contribution >= 4 is 70.1 Å². The van der Waals surface area contributed by atoms with E-state index in [1.54, 1.807) is 47.2 Å². The van der Waals surface area contributed by atoms with E-state index in [0.29, 0.717) is 19.6 Å². The number of anilines is 3. The van der Waals surface area contributed by atoms with E-state index in [1.807, 2.05) is 65.4 Å². The minimum absolute atomic E-state index is 0.0720. The molecule has 0 unspecified atom stereocenters. The average molecular weight is 984 g/mol. The second kappa shape index (κ2) is 25.2. The first-order valence-corrected chi connectivity index (χ1v) is 25.6. The lowest BCUT2D eigenvalue weighted by molar-refractivity contribution is -0.143. The number of hydrogen-bond donors (Lipinski definition) is 2. The number of aliphatic hydroxyl groups excluding tert-OH is 2. The Morgan fingerprint density at radius 1 is 0.464 bits per heavy atom. The van der Waals surface area contributed by atoms with E-state index in [2.05, 4.69) is 125 Å². The summed E-state index contributed by atoms with van der Waals surface area (Å²) in [7, 11) is 3.41. The van der Waals surface area contributed by atoms with Gasteiger partial charge in [-0.05, 0) is 113 Å². The van der Waals surface area contributed by atoms with Crippen LogP contribution < -0.4 is 14.7 Å². The van der Waals surface area contributed by atoms with Gasteiger partial charge in [-0.2, -0.15) is 0 Å². The van der Waals surface area contributed by atoms with E-state index in [9.17, 15) is 24.6 Å². The molecule has 2 heterocycles. The van der Waals surface area contributed by atoms with Crippen molar-refractivity contribution in [3.63, 3.8) is 0 Å². The molecule has 13 heteroatoms. The highest BCUT2D eigenvalue weighted by Crippen LogP contribution is 2.40. The summed E-state index contributed by atoms with van der Waals surface area (Å²) in [6.45, 7) is 16.4. The molecule has 0 atom stereocenters. The van der Waals surface area contributed by atoms with Crippen molar-refractivity contribution in [2.45, 2.75) is 70.9 Å². The molecule has 2 fully saturated rings. The lowest BCUT2D eigenvalue weighted by atomic mass is 10.2. The molecule has 2 aliphatic rings. The van der Waals surface area contributed by atoms with Gasteiger partial charge in [0.2, 0.25) is 17.7 Å². The molecule has 8 rings (SSSR count). The number of likely N-dealkylation sites (N-methyl/N-ethyl adjacent to an activating group) is 2. The number of piperazine rings is 2. The fourth-order valence-corrected chi connectivity index (χ4v) is 11.1. The Labute approximate surface area is 421 Å². The minimum Gasteiger partial charge on any atom is -0.395 e. The van der Waals surface area contributed by atoms with Gasteiger partial charge in [-0.1, -0.05) is 125 Å². The standard InChI is InChI=1S/C19H20N2O2S.C19H22N2OS.C18H23NO2S/c1-13-8-9-16(14(2)10-13)24-17-7-5-4-6-15(17)21-11-18(22)20(3)19(23)12-21;1-14-8-9-17(15(2)12-14)23-18-7-5-4-6-16(18)21-11-10-20(3)19(22)13-21;1-14-7-8-17(15(2)13-14)22-18-6-4-3-5-16(18)19(9-11-20)10-12-21/h4-10H,11-12H2,1-3H3;4-9,12H,10-11,13H2,1-3H3;3-8,13,20-21H,9-12H2,1-2H3. The summed E-state index contributed by atoms with van der Waals surface area (Å²) in [5.41, 5.74) is 10.7. The second-order valence-electron chi connectivity index (χ2n) is 17.4. The minimum atomic E-state index is -0.169. The molecule has 10 nitrogen and oxygen atoms in total. The summed E-state index contributed by atoms with van der Waals surface area (Å²) in [6, 6.07) is 43.8. The van der Waals surface area contributed by atoms with Crippen LogP contribution in [-0.2, 0) is 14.4 Å². The lowest BCUT2D eigenvalue weighted by Crippen LogP contribution is -2.52. The number of imide groups is 1. The summed E-state index contributed by atoms with van der Waals surface area (Å²) in [4.78, 5) is 52.2. The van der Waals surface area contributed by atoms with Crippen molar-refractivity contribution in [1.82, 2.24) is 9.80 Å². The third-order valence-corrected chi connectivity index (χ3v) is 15.6. The first-order valence-electron chi connectivity index (χ1n) is 23.2.